The van der Waals surface area contributed by atoms with Crippen molar-refractivity contribution < 1.29 is 9.47 Å². The molecule has 1 aliphatic heterocycles. The number of hydrogen-bond donors (Lipinski definition) is 1. The summed E-state index contributed by atoms with van der Waals surface area (Å²) in [5.41, 5.74) is 7.83. The largest absolute Gasteiger partial charge is 0.493 e. The Morgan fingerprint density at radius 1 is 1.19 bits per heavy atom. The van der Waals surface area contributed by atoms with E-state index in [0.717, 1.165) is 17.1 Å². The zero-order valence-electron chi connectivity index (χ0n) is 11.7. The summed E-state index contributed by atoms with van der Waals surface area (Å²) in [7, 11) is 0. The van der Waals surface area contributed by atoms with Crippen molar-refractivity contribution in [2.75, 3.05) is 19.8 Å². The predicted molar refractivity (Wildman–Crippen MR) is 84.4 cm³/mol. The highest BCUT2D eigenvalue weighted by molar-refractivity contribution is 6.31. The molecule has 3 nitrogen and oxygen atoms in total. The molecule has 2 aromatic carbocycles. The highest BCUT2D eigenvalue weighted by Crippen LogP contribution is 2.34. The van der Waals surface area contributed by atoms with Gasteiger partial charge in [-0.3, -0.25) is 0 Å². The summed E-state index contributed by atoms with van der Waals surface area (Å²) < 4.78 is 11.7. The molecule has 0 fully saturated rings. The molecule has 1 heterocycles. The summed E-state index contributed by atoms with van der Waals surface area (Å²) >= 11 is 6.22. The third-order valence-corrected chi connectivity index (χ3v) is 4.06. The Kier molecular flexibility index (Phi) is 4.32. The van der Waals surface area contributed by atoms with Crippen LogP contribution in [0.1, 0.15) is 17.0 Å². The molecule has 2 aromatic rings. The molecule has 1 aliphatic rings. The lowest BCUT2D eigenvalue weighted by Crippen LogP contribution is -2.13. The fraction of sp³-hybridized carbons (Fsp3) is 0.294. The van der Waals surface area contributed by atoms with Crippen molar-refractivity contribution in [3.8, 4) is 11.5 Å². The summed E-state index contributed by atoms with van der Waals surface area (Å²) in [6, 6.07) is 13.8. The van der Waals surface area contributed by atoms with Crippen molar-refractivity contribution in [1.82, 2.24) is 0 Å². The molecule has 3 rings (SSSR count). The molecule has 2 N–H and O–H groups in total. The number of ether oxygens (including phenoxy) is 2. The van der Waals surface area contributed by atoms with E-state index in [4.69, 9.17) is 26.8 Å². The van der Waals surface area contributed by atoms with E-state index in [9.17, 15) is 0 Å². The number of para-hydroxylation sites is 1. The third kappa shape index (κ3) is 2.99. The van der Waals surface area contributed by atoms with E-state index in [1.165, 1.54) is 5.56 Å². The third-order valence-electron chi connectivity index (χ3n) is 3.71. The second-order valence-electron chi connectivity index (χ2n) is 5.11. The molecule has 0 spiro atoms. The molecule has 0 amide bonds. The van der Waals surface area contributed by atoms with Gasteiger partial charge in [-0.25, -0.2) is 0 Å². The Labute approximate surface area is 129 Å². The number of hydrogen-bond acceptors (Lipinski definition) is 3. The maximum Gasteiger partial charge on any atom is 0.124 e. The van der Waals surface area contributed by atoms with Crippen LogP contribution in [-0.4, -0.2) is 19.8 Å². The predicted octanol–water partition coefficient (Wildman–Crippen LogP) is 3.40. The smallest absolute Gasteiger partial charge is 0.124 e. The number of benzene rings is 2. The SMILES string of the molecule is NCCc1c(Cl)cccc1OCC1COc2ccccc21. The lowest BCUT2D eigenvalue weighted by molar-refractivity contribution is 0.247. The van der Waals surface area contributed by atoms with Crippen molar-refractivity contribution in [2.24, 2.45) is 5.73 Å². The summed E-state index contributed by atoms with van der Waals surface area (Å²) in [5.74, 6) is 2.03. The molecule has 110 valence electrons. The number of halogens is 1. The number of nitrogens with two attached hydrogens (primary N) is 1. The second-order valence-corrected chi connectivity index (χ2v) is 5.52. The molecule has 0 saturated heterocycles. The topological polar surface area (TPSA) is 44.5 Å². The Morgan fingerprint density at radius 2 is 2.05 bits per heavy atom. The van der Waals surface area contributed by atoms with Crippen LogP contribution < -0.4 is 15.2 Å². The molecule has 0 bridgehead atoms. The minimum atomic E-state index is 0.255. The quantitative estimate of drug-likeness (QED) is 0.921. The molecule has 0 aliphatic carbocycles. The first-order chi connectivity index (χ1) is 10.3. The summed E-state index contributed by atoms with van der Waals surface area (Å²) in [6.07, 6.45) is 0.715. The van der Waals surface area contributed by atoms with Crippen LogP contribution in [0.4, 0.5) is 0 Å². The molecule has 21 heavy (non-hydrogen) atoms. The normalized spacial score (nSPS) is 16.4. The Morgan fingerprint density at radius 3 is 2.90 bits per heavy atom. The second kappa shape index (κ2) is 6.37. The zero-order chi connectivity index (χ0) is 14.7. The van der Waals surface area contributed by atoms with Crippen LogP contribution >= 0.6 is 11.6 Å². The van der Waals surface area contributed by atoms with Crippen LogP contribution in [0.5, 0.6) is 11.5 Å². The van der Waals surface area contributed by atoms with Crippen molar-refractivity contribution in [2.45, 2.75) is 12.3 Å². The average Bonchev–Trinajstić information content (AvgIpc) is 2.91. The van der Waals surface area contributed by atoms with E-state index >= 15 is 0 Å². The van der Waals surface area contributed by atoms with Gasteiger partial charge < -0.3 is 15.2 Å². The van der Waals surface area contributed by atoms with Crippen molar-refractivity contribution in [3.63, 3.8) is 0 Å². The van der Waals surface area contributed by atoms with Gasteiger partial charge in [0.1, 0.15) is 11.5 Å². The van der Waals surface area contributed by atoms with E-state index in [1.54, 1.807) is 0 Å². The highest BCUT2D eigenvalue weighted by atomic mass is 35.5. The van der Waals surface area contributed by atoms with Gasteiger partial charge in [-0.1, -0.05) is 35.9 Å². The maximum absolute atomic E-state index is 6.22. The molecule has 4 heteroatoms. The van der Waals surface area contributed by atoms with Crippen LogP contribution in [0.2, 0.25) is 5.02 Å². The van der Waals surface area contributed by atoms with Gasteiger partial charge in [-0.15, -0.1) is 0 Å². The van der Waals surface area contributed by atoms with Crippen LogP contribution in [0.15, 0.2) is 42.5 Å². The number of rotatable bonds is 5. The van der Waals surface area contributed by atoms with Gasteiger partial charge in [-0.05, 0) is 31.2 Å². The van der Waals surface area contributed by atoms with Crippen LogP contribution in [0.3, 0.4) is 0 Å². The minimum absolute atomic E-state index is 0.255. The van der Waals surface area contributed by atoms with Crippen molar-refractivity contribution >= 4 is 11.6 Å². The van der Waals surface area contributed by atoms with Crippen LogP contribution in [0.25, 0.3) is 0 Å². The summed E-state index contributed by atoms with van der Waals surface area (Å²) in [5, 5.41) is 0.709. The van der Waals surface area contributed by atoms with E-state index < -0.39 is 0 Å². The lowest BCUT2D eigenvalue weighted by atomic mass is 10.0. The van der Waals surface area contributed by atoms with E-state index in [0.29, 0.717) is 31.2 Å². The first-order valence-corrected chi connectivity index (χ1v) is 7.49. The monoisotopic (exact) mass is 303 g/mol. The zero-order valence-corrected chi connectivity index (χ0v) is 12.5. The first kappa shape index (κ1) is 14.2. The molecule has 1 atom stereocenters. The Balaban J connectivity index is 1.73. The molecule has 0 aromatic heterocycles. The molecule has 0 radical (unpaired) electrons. The van der Waals surface area contributed by atoms with Gasteiger partial charge in [0, 0.05) is 16.1 Å². The average molecular weight is 304 g/mol. The van der Waals surface area contributed by atoms with Gasteiger partial charge in [0.05, 0.1) is 19.1 Å². The van der Waals surface area contributed by atoms with Gasteiger partial charge in [0.25, 0.3) is 0 Å². The standard InChI is InChI=1S/C17H18ClNO2/c18-15-5-3-7-17(14(15)8-9-19)21-11-12-10-20-16-6-2-1-4-13(12)16/h1-7,12H,8-11,19H2. The fourth-order valence-corrected chi connectivity index (χ4v) is 2.88. The minimum Gasteiger partial charge on any atom is -0.493 e. The summed E-state index contributed by atoms with van der Waals surface area (Å²) in [6.45, 7) is 1.79. The van der Waals surface area contributed by atoms with E-state index in [1.807, 2.05) is 36.4 Å². The highest BCUT2D eigenvalue weighted by Gasteiger charge is 2.24. The van der Waals surface area contributed by atoms with Crippen molar-refractivity contribution in [3.05, 3.63) is 58.6 Å². The molecule has 1 unspecified atom stereocenters. The fourth-order valence-electron chi connectivity index (χ4n) is 2.62. The molecular formula is C17H18ClNO2. The van der Waals surface area contributed by atoms with Crippen LogP contribution in [0, 0.1) is 0 Å². The van der Waals surface area contributed by atoms with E-state index in [-0.39, 0.29) is 5.92 Å². The van der Waals surface area contributed by atoms with Gasteiger partial charge in [-0.2, -0.15) is 0 Å². The van der Waals surface area contributed by atoms with Crippen LogP contribution in [-0.2, 0) is 6.42 Å². The van der Waals surface area contributed by atoms with Gasteiger partial charge >= 0.3 is 0 Å². The van der Waals surface area contributed by atoms with E-state index in [2.05, 4.69) is 6.07 Å². The Hall–Kier alpha value is -1.71. The maximum atomic E-state index is 6.22. The van der Waals surface area contributed by atoms with Gasteiger partial charge in [0.2, 0.25) is 0 Å². The molecular weight excluding hydrogens is 286 g/mol. The van der Waals surface area contributed by atoms with Crippen molar-refractivity contribution in [1.29, 1.82) is 0 Å². The summed E-state index contributed by atoms with van der Waals surface area (Å²) in [4.78, 5) is 0. The molecule has 0 saturated carbocycles. The van der Waals surface area contributed by atoms with Gasteiger partial charge in [0.15, 0.2) is 0 Å². The first-order valence-electron chi connectivity index (χ1n) is 7.11. The lowest BCUT2D eigenvalue weighted by Gasteiger charge is -2.15. The number of fused-ring (bicyclic) bond motifs is 1. The Bertz CT molecular complexity index is 630.